The van der Waals surface area contributed by atoms with Crippen molar-refractivity contribution in [2.45, 2.75) is 33.6 Å². The number of nitrogens with zero attached hydrogens (tertiary/aromatic N) is 1. The van der Waals surface area contributed by atoms with Gasteiger partial charge in [0.05, 0.1) is 0 Å². The summed E-state index contributed by atoms with van der Waals surface area (Å²) in [6, 6.07) is 3.63. The van der Waals surface area contributed by atoms with E-state index in [1.807, 2.05) is 19.9 Å². The fraction of sp³-hybridized carbons (Fsp3) is 0.571. The van der Waals surface area contributed by atoms with Gasteiger partial charge >= 0.3 is 0 Å². The van der Waals surface area contributed by atoms with Gasteiger partial charge in [-0.3, -0.25) is 4.79 Å². The maximum atomic E-state index is 12.1. The average molecular weight is 247 g/mol. The minimum atomic E-state index is -0.00669. The van der Waals surface area contributed by atoms with E-state index in [2.05, 4.69) is 22.5 Å². The van der Waals surface area contributed by atoms with Gasteiger partial charge in [0.25, 0.3) is 5.91 Å². The van der Waals surface area contributed by atoms with Crippen LogP contribution in [0.3, 0.4) is 0 Å². The summed E-state index contributed by atoms with van der Waals surface area (Å²) in [6.07, 6.45) is 2.43. The molecule has 4 nitrogen and oxygen atoms in total. The summed E-state index contributed by atoms with van der Waals surface area (Å²) < 4.78 is 0. The Morgan fingerprint density at radius 2 is 2.17 bits per heavy atom. The van der Waals surface area contributed by atoms with Crippen LogP contribution < -0.4 is 10.6 Å². The molecule has 1 aromatic rings. The first-order valence-electron chi connectivity index (χ1n) is 6.53. The Balaban J connectivity index is 2.04. The number of hydrogen-bond donors (Lipinski definition) is 2. The molecule has 0 spiro atoms. The highest BCUT2D eigenvalue weighted by Crippen LogP contribution is 2.44. The lowest BCUT2D eigenvalue weighted by Gasteiger charge is -2.11. The molecular formula is C14H21N3O. The van der Waals surface area contributed by atoms with Crippen molar-refractivity contribution < 1.29 is 4.79 Å². The first-order chi connectivity index (χ1) is 8.52. The van der Waals surface area contributed by atoms with Crippen molar-refractivity contribution in [1.82, 2.24) is 10.3 Å². The van der Waals surface area contributed by atoms with E-state index in [0.29, 0.717) is 11.0 Å². The van der Waals surface area contributed by atoms with Crippen LogP contribution in [-0.2, 0) is 0 Å². The molecule has 1 heterocycles. The number of amides is 1. The Hall–Kier alpha value is -1.58. The Labute approximate surface area is 108 Å². The molecule has 0 bridgehead atoms. The van der Waals surface area contributed by atoms with Gasteiger partial charge < -0.3 is 10.6 Å². The van der Waals surface area contributed by atoms with Crippen LogP contribution in [0.2, 0.25) is 0 Å². The summed E-state index contributed by atoms with van der Waals surface area (Å²) in [6.45, 7) is 7.69. The van der Waals surface area contributed by atoms with Crippen molar-refractivity contribution in [3.63, 3.8) is 0 Å². The monoisotopic (exact) mass is 247 g/mol. The molecule has 1 aliphatic rings. The lowest BCUT2D eigenvalue weighted by atomic mass is 10.1. The maximum absolute atomic E-state index is 12.1. The molecule has 0 unspecified atom stereocenters. The highest BCUT2D eigenvalue weighted by Gasteiger charge is 2.37. The second-order valence-corrected chi connectivity index (χ2v) is 5.41. The van der Waals surface area contributed by atoms with E-state index >= 15 is 0 Å². The van der Waals surface area contributed by atoms with Crippen molar-refractivity contribution in [2.75, 3.05) is 18.4 Å². The zero-order chi connectivity index (χ0) is 13.2. The number of rotatable bonds is 5. The summed E-state index contributed by atoms with van der Waals surface area (Å²) in [5, 5.41) is 6.14. The molecule has 98 valence electrons. The summed E-state index contributed by atoms with van der Waals surface area (Å²) in [5.74, 6) is 0.757. The van der Waals surface area contributed by atoms with E-state index in [-0.39, 0.29) is 5.91 Å². The largest absolute Gasteiger partial charge is 0.370 e. The number of carbonyl (C=O) groups is 1. The lowest BCUT2D eigenvalue weighted by molar-refractivity contribution is 0.0946. The first-order valence-corrected chi connectivity index (χ1v) is 6.53. The van der Waals surface area contributed by atoms with Crippen LogP contribution in [0.4, 0.5) is 5.82 Å². The molecule has 18 heavy (non-hydrogen) atoms. The third kappa shape index (κ3) is 3.22. The van der Waals surface area contributed by atoms with Gasteiger partial charge in [-0.2, -0.15) is 0 Å². The molecule has 1 saturated carbocycles. The lowest BCUT2D eigenvalue weighted by Crippen LogP contribution is -2.29. The molecule has 2 N–H and O–H groups in total. The topological polar surface area (TPSA) is 54.0 Å². The molecule has 1 aromatic heterocycles. The van der Waals surface area contributed by atoms with Gasteiger partial charge in [0.1, 0.15) is 5.82 Å². The SMILES string of the molecule is CCNc1cc(C(=O)NCC2(C)CC2)cc(C)n1. The second kappa shape index (κ2) is 4.96. The van der Waals surface area contributed by atoms with E-state index in [9.17, 15) is 4.79 Å². The molecule has 1 amide bonds. The summed E-state index contributed by atoms with van der Waals surface area (Å²) >= 11 is 0. The Bertz CT molecular complexity index is 452. The first kappa shape index (κ1) is 12.9. The van der Waals surface area contributed by atoms with Crippen LogP contribution >= 0.6 is 0 Å². The smallest absolute Gasteiger partial charge is 0.251 e. The third-order valence-electron chi connectivity index (χ3n) is 3.35. The standard InChI is InChI=1S/C14H21N3O/c1-4-15-12-8-11(7-10(2)17-12)13(18)16-9-14(3)5-6-14/h7-8H,4-6,9H2,1-3H3,(H,15,17)(H,16,18). The van der Waals surface area contributed by atoms with Crippen molar-refractivity contribution in [3.05, 3.63) is 23.4 Å². The van der Waals surface area contributed by atoms with Gasteiger partial charge in [-0.1, -0.05) is 6.92 Å². The minimum Gasteiger partial charge on any atom is -0.370 e. The van der Waals surface area contributed by atoms with Gasteiger partial charge in [-0.25, -0.2) is 4.98 Å². The fourth-order valence-corrected chi connectivity index (χ4v) is 1.86. The third-order valence-corrected chi connectivity index (χ3v) is 3.35. The number of aryl methyl sites for hydroxylation is 1. The quantitative estimate of drug-likeness (QED) is 0.839. The average Bonchev–Trinajstić information content (AvgIpc) is 3.05. The van der Waals surface area contributed by atoms with Gasteiger partial charge in [0.2, 0.25) is 0 Å². The maximum Gasteiger partial charge on any atom is 0.251 e. The Morgan fingerprint density at radius 1 is 1.44 bits per heavy atom. The summed E-state index contributed by atoms with van der Waals surface area (Å²) in [5.41, 5.74) is 1.88. The summed E-state index contributed by atoms with van der Waals surface area (Å²) in [4.78, 5) is 16.4. The number of carbonyl (C=O) groups excluding carboxylic acids is 1. The molecule has 0 aromatic carbocycles. The van der Waals surface area contributed by atoms with Gasteiger partial charge in [-0.05, 0) is 44.2 Å². The molecule has 0 saturated heterocycles. The highest BCUT2D eigenvalue weighted by molar-refractivity contribution is 5.95. The van der Waals surface area contributed by atoms with Crippen LogP contribution in [0.25, 0.3) is 0 Å². The Kier molecular flexibility index (Phi) is 3.55. The number of anilines is 1. The number of hydrogen-bond acceptors (Lipinski definition) is 3. The van der Waals surface area contributed by atoms with Gasteiger partial charge in [0.15, 0.2) is 0 Å². The van der Waals surface area contributed by atoms with E-state index < -0.39 is 0 Å². The predicted octanol–water partition coefficient (Wildman–Crippen LogP) is 2.35. The highest BCUT2D eigenvalue weighted by atomic mass is 16.1. The van der Waals surface area contributed by atoms with Crippen LogP contribution in [0.15, 0.2) is 12.1 Å². The molecule has 0 radical (unpaired) electrons. The summed E-state index contributed by atoms with van der Waals surface area (Å²) in [7, 11) is 0. The van der Waals surface area contributed by atoms with E-state index in [0.717, 1.165) is 24.6 Å². The van der Waals surface area contributed by atoms with E-state index in [1.165, 1.54) is 12.8 Å². The molecule has 4 heteroatoms. The number of aromatic nitrogens is 1. The van der Waals surface area contributed by atoms with Crippen molar-refractivity contribution in [1.29, 1.82) is 0 Å². The normalized spacial score (nSPS) is 16.2. The molecule has 1 fully saturated rings. The van der Waals surface area contributed by atoms with E-state index in [1.54, 1.807) is 6.07 Å². The van der Waals surface area contributed by atoms with Crippen LogP contribution in [0.5, 0.6) is 0 Å². The zero-order valence-corrected chi connectivity index (χ0v) is 11.3. The van der Waals surface area contributed by atoms with Crippen molar-refractivity contribution in [3.8, 4) is 0 Å². The van der Waals surface area contributed by atoms with Crippen LogP contribution in [-0.4, -0.2) is 24.0 Å². The van der Waals surface area contributed by atoms with Gasteiger partial charge in [-0.15, -0.1) is 0 Å². The van der Waals surface area contributed by atoms with Crippen LogP contribution in [0, 0.1) is 12.3 Å². The van der Waals surface area contributed by atoms with Crippen LogP contribution in [0.1, 0.15) is 42.7 Å². The molecule has 1 aliphatic carbocycles. The second-order valence-electron chi connectivity index (χ2n) is 5.41. The van der Waals surface area contributed by atoms with E-state index in [4.69, 9.17) is 0 Å². The zero-order valence-electron chi connectivity index (χ0n) is 11.3. The number of nitrogens with one attached hydrogen (secondary N) is 2. The predicted molar refractivity (Wildman–Crippen MR) is 72.8 cm³/mol. The molecular weight excluding hydrogens is 226 g/mol. The van der Waals surface area contributed by atoms with Gasteiger partial charge in [0, 0.05) is 24.3 Å². The Morgan fingerprint density at radius 3 is 2.78 bits per heavy atom. The molecule has 0 atom stereocenters. The van der Waals surface area contributed by atoms with Crippen molar-refractivity contribution >= 4 is 11.7 Å². The minimum absolute atomic E-state index is 0.00669. The van der Waals surface area contributed by atoms with Crippen molar-refractivity contribution in [2.24, 2.45) is 5.41 Å². The number of pyridine rings is 1. The molecule has 0 aliphatic heterocycles. The fourth-order valence-electron chi connectivity index (χ4n) is 1.86. The molecule has 2 rings (SSSR count).